The third-order valence-corrected chi connectivity index (χ3v) is 2.84. The fourth-order valence-corrected chi connectivity index (χ4v) is 1.68. The molecule has 1 unspecified atom stereocenters. The van der Waals surface area contributed by atoms with Gasteiger partial charge in [0.2, 0.25) is 0 Å². The topological polar surface area (TPSA) is 62.4 Å². The molecule has 4 nitrogen and oxygen atoms in total. The number of anilines is 1. The van der Waals surface area contributed by atoms with E-state index in [0.717, 1.165) is 37.2 Å². The maximum Gasteiger partial charge on any atom is 0.128 e. The van der Waals surface area contributed by atoms with Crippen LogP contribution in [0.4, 0.5) is 5.82 Å². The summed E-state index contributed by atoms with van der Waals surface area (Å²) in [6, 6.07) is 4.03. The third-order valence-electron chi connectivity index (χ3n) is 2.84. The SMILES string of the molecule is CC(N)c1ccnc(N(C)CCCCCO)c1. The number of rotatable bonds is 7. The second-order valence-electron chi connectivity index (χ2n) is 4.44. The van der Waals surface area contributed by atoms with Gasteiger partial charge in [-0.05, 0) is 43.9 Å². The van der Waals surface area contributed by atoms with Gasteiger partial charge in [-0.1, -0.05) is 0 Å². The Morgan fingerprint density at radius 1 is 1.41 bits per heavy atom. The number of aliphatic hydroxyl groups is 1. The van der Waals surface area contributed by atoms with E-state index >= 15 is 0 Å². The summed E-state index contributed by atoms with van der Waals surface area (Å²) in [5, 5.41) is 8.71. The number of nitrogens with zero attached hydrogens (tertiary/aromatic N) is 2. The van der Waals surface area contributed by atoms with Gasteiger partial charge in [0.15, 0.2) is 0 Å². The summed E-state index contributed by atoms with van der Waals surface area (Å²) in [6.45, 7) is 3.21. The van der Waals surface area contributed by atoms with Crippen molar-refractivity contribution < 1.29 is 5.11 Å². The molecule has 0 aliphatic rings. The van der Waals surface area contributed by atoms with Crippen LogP contribution in [0.3, 0.4) is 0 Å². The van der Waals surface area contributed by atoms with E-state index in [0.29, 0.717) is 0 Å². The first-order valence-corrected chi connectivity index (χ1v) is 6.18. The number of nitrogens with two attached hydrogens (primary N) is 1. The zero-order chi connectivity index (χ0) is 12.7. The van der Waals surface area contributed by atoms with Gasteiger partial charge in [0.1, 0.15) is 5.82 Å². The fourth-order valence-electron chi connectivity index (χ4n) is 1.68. The van der Waals surface area contributed by atoms with Crippen LogP contribution in [-0.4, -0.2) is 30.3 Å². The van der Waals surface area contributed by atoms with Gasteiger partial charge in [-0.3, -0.25) is 0 Å². The standard InChI is InChI=1S/C13H23N3O/c1-11(14)12-6-7-15-13(10-12)16(2)8-4-3-5-9-17/h6-7,10-11,17H,3-5,8-9,14H2,1-2H3. The highest BCUT2D eigenvalue weighted by Crippen LogP contribution is 2.16. The van der Waals surface area contributed by atoms with E-state index in [-0.39, 0.29) is 12.6 Å². The van der Waals surface area contributed by atoms with E-state index in [1.807, 2.05) is 26.1 Å². The molecule has 96 valence electrons. The molecule has 0 saturated heterocycles. The lowest BCUT2D eigenvalue weighted by molar-refractivity contribution is 0.283. The monoisotopic (exact) mass is 237 g/mol. The van der Waals surface area contributed by atoms with Gasteiger partial charge in [0, 0.05) is 32.4 Å². The highest BCUT2D eigenvalue weighted by Gasteiger charge is 2.05. The number of unbranched alkanes of at least 4 members (excludes halogenated alkanes) is 2. The van der Waals surface area contributed by atoms with Gasteiger partial charge >= 0.3 is 0 Å². The largest absolute Gasteiger partial charge is 0.396 e. The maximum absolute atomic E-state index is 8.71. The van der Waals surface area contributed by atoms with Crippen LogP contribution in [0.15, 0.2) is 18.3 Å². The number of hydrogen-bond acceptors (Lipinski definition) is 4. The predicted octanol–water partition coefficient (Wildman–Crippen LogP) is 1.70. The van der Waals surface area contributed by atoms with Gasteiger partial charge in [0.25, 0.3) is 0 Å². The van der Waals surface area contributed by atoms with E-state index in [2.05, 4.69) is 9.88 Å². The molecule has 0 aliphatic heterocycles. The van der Waals surface area contributed by atoms with E-state index in [1.54, 1.807) is 6.20 Å². The minimum absolute atomic E-state index is 0.0412. The molecule has 0 aromatic carbocycles. The summed E-state index contributed by atoms with van der Waals surface area (Å²) in [5.74, 6) is 0.962. The summed E-state index contributed by atoms with van der Waals surface area (Å²) < 4.78 is 0. The normalized spacial score (nSPS) is 12.5. The molecule has 1 aromatic rings. The van der Waals surface area contributed by atoms with Crippen molar-refractivity contribution in [2.24, 2.45) is 5.73 Å². The Bertz CT molecular complexity index is 328. The van der Waals surface area contributed by atoms with Gasteiger partial charge in [0.05, 0.1) is 0 Å². The van der Waals surface area contributed by atoms with Crippen LogP contribution in [-0.2, 0) is 0 Å². The first-order valence-electron chi connectivity index (χ1n) is 6.18. The van der Waals surface area contributed by atoms with Crippen LogP contribution in [0.5, 0.6) is 0 Å². The van der Waals surface area contributed by atoms with Crippen molar-refractivity contribution in [2.45, 2.75) is 32.2 Å². The Kier molecular flexibility index (Phi) is 5.94. The molecule has 1 aromatic heterocycles. The quantitative estimate of drug-likeness (QED) is 0.709. The summed E-state index contributed by atoms with van der Waals surface area (Å²) in [7, 11) is 2.03. The lowest BCUT2D eigenvalue weighted by Gasteiger charge is -2.19. The molecule has 0 aliphatic carbocycles. The smallest absolute Gasteiger partial charge is 0.128 e. The summed E-state index contributed by atoms with van der Waals surface area (Å²) in [5.41, 5.74) is 6.96. The molecule has 0 bridgehead atoms. The van der Waals surface area contributed by atoms with E-state index in [4.69, 9.17) is 10.8 Å². The molecule has 0 fully saturated rings. The van der Waals surface area contributed by atoms with E-state index in [1.165, 1.54) is 0 Å². The van der Waals surface area contributed by atoms with Crippen molar-refractivity contribution >= 4 is 5.82 Å². The van der Waals surface area contributed by atoms with Crippen LogP contribution in [0.1, 0.15) is 37.8 Å². The Morgan fingerprint density at radius 3 is 2.82 bits per heavy atom. The summed E-state index contributed by atoms with van der Waals surface area (Å²) in [4.78, 5) is 6.47. The summed E-state index contributed by atoms with van der Waals surface area (Å²) >= 11 is 0. The second kappa shape index (κ2) is 7.25. The van der Waals surface area contributed by atoms with E-state index < -0.39 is 0 Å². The Balaban J connectivity index is 2.50. The Labute approximate surface area is 103 Å². The first-order chi connectivity index (χ1) is 8.15. The predicted molar refractivity (Wildman–Crippen MR) is 71.0 cm³/mol. The molecule has 0 radical (unpaired) electrons. The highest BCUT2D eigenvalue weighted by atomic mass is 16.2. The molecule has 1 heterocycles. The van der Waals surface area contributed by atoms with Crippen molar-refractivity contribution in [1.82, 2.24) is 4.98 Å². The third kappa shape index (κ3) is 4.71. The molecule has 1 rings (SSSR count). The van der Waals surface area contributed by atoms with Gasteiger partial charge < -0.3 is 15.7 Å². The molecular formula is C13H23N3O. The van der Waals surface area contributed by atoms with Crippen molar-refractivity contribution in [3.05, 3.63) is 23.9 Å². The zero-order valence-electron chi connectivity index (χ0n) is 10.8. The highest BCUT2D eigenvalue weighted by molar-refractivity contribution is 5.40. The van der Waals surface area contributed by atoms with Crippen LogP contribution >= 0.6 is 0 Å². The Hall–Kier alpha value is -1.13. The maximum atomic E-state index is 8.71. The van der Waals surface area contributed by atoms with Crippen molar-refractivity contribution in [3.63, 3.8) is 0 Å². The van der Waals surface area contributed by atoms with Gasteiger partial charge in [-0.25, -0.2) is 4.98 Å². The minimum Gasteiger partial charge on any atom is -0.396 e. The average Bonchev–Trinajstić information content (AvgIpc) is 2.34. The minimum atomic E-state index is 0.0412. The molecule has 3 N–H and O–H groups in total. The fraction of sp³-hybridized carbons (Fsp3) is 0.615. The number of pyridine rings is 1. The van der Waals surface area contributed by atoms with Crippen LogP contribution in [0.2, 0.25) is 0 Å². The van der Waals surface area contributed by atoms with Crippen LogP contribution in [0.25, 0.3) is 0 Å². The number of aromatic nitrogens is 1. The van der Waals surface area contributed by atoms with Crippen LogP contribution < -0.4 is 10.6 Å². The number of aliphatic hydroxyl groups excluding tert-OH is 1. The van der Waals surface area contributed by atoms with Crippen molar-refractivity contribution in [1.29, 1.82) is 0 Å². The molecule has 1 atom stereocenters. The molecule has 0 saturated carbocycles. The second-order valence-corrected chi connectivity index (χ2v) is 4.44. The molecule has 0 amide bonds. The summed E-state index contributed by atoms with van der Waals surface area (Å²) in [6.07, 6.45) is 4.80. The molecule has 0 spiro atoms. The van der Waals surface area contributed by atoms with E-state index in [9.17, 15) is 0 Å². The Morgan fingerprint density at radius 2 is 2.18 bits per heavy atom. The number of hydrogen-bond donors (Lipinski definition) is 2. The molecule has 17 heavy (non-hydrogen) atoms. The zero-order valence-corrected chi connectivity index (χ0v) is 10.8. The molecule has 4 heteroatoms. The molecular weight excluding hydrogens is 214 g/mol. The van der Waals surface area contributed by atoms with Gasteiger partial charge in [-0.2, -0.15) is 0 Å². The van der Waals surface area contributed by atoms with Gasteiger partial charge in [-0.15, -0.1) is 0 Å². The van der Waals surface area contributed by atoms with Crippen molar-refractivity contribution in [2.75, 3.05) is 25.1 Å². The lowest BCUT2D eigenvalue weighted by Crippen LogP contribution is -2.20. The van der Waals surface area contributed by atoms with Crippen LogP contribution in [0, 0.1) is 0 Å². The lowest BCUT2D eigenvalue weighted by atomic mass is 10.1. The van der Waals surface area contributed by atoms with Crippen molar-refractivity contribution in [3.8, 4) is 0 Å². The average molecular weight is 237 g/mol. The first kappa shape index (κ1) is 13.9.